The Morgan fingerprint density at radius 1 is 1.10 bits per heavy atom. The lowest BCUT2D eigenvalue weighted by molar-refractivity contribution is 0.832. The molecule has 0 fully saturated rings. The summed E-state index contributed by atoms with van der Waals surface area (Å²) >= 11 is 1.52. The van der Waals surface area contributed by atoms with Crippen molar-refractivity contribution in [2.75, 3.05) is 5.73 Å². The van der Waals surface area contributed by atoms with Crippen LogP contribution in [0.3, 0.4) is 0 Å². The van der Waals surface area contributed by atoms with Crippen LogP contribution >= 0.6 is 11.8 Å². The van der Waals surface area contributed by atoms with Gasteiger partial charge in [-0.05, 0) is 5.56 Å². The molecule has 6 nitrogen and oxygen atoms in total. The summed E-state index contributed by atoms with van der Waals surface area (Å²) in [4.78, 5) is 16.6. The summed E-state index contributed by atoms with van der Waals surface area (Å²) in [5.41, 5.74) is 6.93. The Bertz CT molecular complexity index is 683. The van der Waals surface area contributed by atoms with Gasteiger partial charge in [-0.15, -0.1) is 0 Å². The monoisotopic (exact) mass is 284 g/mol. The third-order valence-corrected chi connectivity index (χ3v) is 3.48. The van der Waals surface area contributed by atoms with Gasteiger partial charge in [-0.25, -0.2) is 4.98 Å². The minimum atomic E-state index is 0.208. The largest absolute Gasteiger partial charge is 0.368 e. The molecule has 2 heterocycles. The van der Waals surface area contributed by atoms with E-state index in [1.807, 2.05) is 18.2 Å². The van der Waals surface area contributed by atoms with Crippen molar-refractivity contribution in [2.24, 2.45) is 0 Å². The van der Waals surface area contributed by atoms with E-state index in [0.29, 0.717) is 11.1 Å². The van der Waals surface area contributed by atoms with Gasteiger partial charge >= 0.3 is 0 Å². The molecule has 0 atom stereocenters. The fourth-order valence-corrected chi connectivity index (χ4v) is 2.43. The molecule has 0 amide bonds. The van der Waals surface area contributed by atoms with E-state index in [1.165, 1.54) is 17.3 Å². The Kier molecular flexibility index (Phi) is 3.60. The van der Waals surface area contributed by atoms with Crippen LogP contribution in [0, 0.1) is 0 Å². The van der Waals surface area contributed by atoms with Crippen LogP contribution in [0.5, 0.6) is 0 Å². The first-order chi connectivity index (χ1) is 9.81. The highest BCUT2D eigenvalue weighted by atomic mass is 32.2. The Hall–Kier alpha value is -2.41. The molecule has 2 N–H and O–H groups in total. The summed E-state index contributed by atoms with van der Waals surface area (Å²) in [6.07, 6.45) is 5.05. The first kappa shape index (κ1) is 12.6. The summed E-state index contributed by atoms with van der Waals surface area (Å²) in [5, 5.41) is 0.602. The van der Waals surface area contributed by atoms with Crippen LogP contribution in [0.1, 0.15) is 5.56 Å². The third-order valence-electron chi connectivity index (χ3n) is 2.57. The Morgan fingerprint density at radius 2 is 1.95 bits per heavy atom. The molecule has 0 aliphatic rings. The minimum Gasteiger partial charge on any atom is -0.368 e. The second kappa shape index (κ2) is 5.70. The van der Waals surface area contributed by atoms with Gasteiger partial charge in [0, 0.05) is 18.1 Å². The topological polar surface area (TPSA) is 82.5 Å². The molecule has 1 aromatic carbocycles. The first-order valence-corrected chi connectivity index (χ1v) is 6.96. The summed E-state index contributed by atoms with van der Waals surface area (Å²) in [6.45, 7) is 0. The Labute approximate surface area is 120 Å². The molecule has 0 saturated heterocycles. The molecule has 2 aromatic heterocycles. The maximum absolute atomic E-state index is 5.73. The van der Waals surface area contributed by atoms with Gasteiger partial charge in [-0.2, -0.15) is 15.0 Å². The highest BCUT2D eigenvalue weighted by Gasteiger charge is 2.06. The molecule has 0 radical (unpaired) electrons. The molecule has 0 saturated carbocycles. The van der Waals surface area contributed by atoms with Crippen LogP contribution in [0.25, 0.3) is 5.95 Å². The lowest BCUT2D eigenvalue weighted by Crippen LogP contribution is -2.06. The predicted molar refractivity (Wildman–Crippen MR) is 77.4 cm³/mol. The van der Waals surface area contributed by atoms with Gasteiger partial charge in [0.25, 0.3) is 0 Å². The van der Waals surface area contributed by atoms with Crippen molar-refractivity contribution >= 4 is 17.7 Å². The molecule has 7 heteroatoms. The normalized spacial score (nSPS) is 10.6. The van der Waals surface area contributed by atoms with Crippen molar-refractivity contribution in [3.8, 4) is 5.95 Å². The molecule has 0 bridgehead atoms. The standard InChI is InChI=1S/C13H12N6S/c14-11-16-12(19-7-6-15-9-19)18-13(17-11)20-8-10-4-2-1-3-5-10/h1-7,9H,8H2,(H2,14,16,17,18). The minimum absolute atomic E-state index is 0.208. The van der Waals surface area contributed by atoms with E-state index in [2.05, 4.69) is 32.1 Å². The van der Waals surface area contributed by atoms with Crippen molar-refractivity contribution < 1.29 is 0 Å². The maximum atomic E-state index is 5.73. The summed E-state index contributed by atoms with van der Waals surface area (Å²) < 4.78 is 1.70. The van der Waals surface area contributed by atoms with Gasteiger partial charge in [0.2, 0.25) is 11.9 Å². The highest BCUT2D eigenvalue weighted by Crippen LogP contribution is 2.20. The van der Waals surface area contributed by atoms with E-state index in [4.69, 9.17) is 5.73 Å². The summed E-state index contributed by atoms with van der Waals surface area (Å²) in [5.74, 6) is 1.47. The van der Waals surface area contributed by atoms with E-state index in [1.54, 1.807) is 23.3 Å². The molecule has 3 rings (SSSR count). The number of hydrogen-bond acceptors (Lipinski definition) is 6. The lowest BCUT2D eigenvalue weighted by atomic mass is 10.2. The van der Waals surface area contributed by atoms with Crippen molar-refractivity contribution in [1.29, 1.82) is 0 Å². The van der Waals surface area contributed by atoms with Gasteiger partial charge in [0.05, 0.1) is 0 Å². The fraction of sp³-hybridized carbons (Fsp3) is 0.0769. The number of nitrogen functional groups attached to an aromatic ring is 1. The Morgan fingerprint density at radius 3 is 2.70 bits per heavy atom. The fourth-order valence-electron chi connectivity index (χ4n) is 1.64. The SMILES string of the molecule is Nc1nc(SCc2ccccc2)nc(-n2ccnc2)n1. The van der Waals surface area contributed by atoms with E-state index in [0.717, 1.165) is 5.75 Å². The quantitative estimate of drug-likeness (QED) is 0.737. The molecular weight excluding hydrogens is 272 g/mol. The second-order valence-corrected chi connectivity index (χ2v) is 4.96. The van der Waals surface area contributed by atoms with Crippen LogP contribution in [-0.2, 0) is 5.75 Å². The Balaban J connectivity index is 1.80. The maximum Gasteiger partial charge on any atom is 0.240 e. The molecule has 0 unspecified atom stereocenters. The summed E-state index contributed by atoms with van der Waals surface area (Å²) in [6, 6.07) is 10.1. The number of imidazole rings is 1. The number of anilines is 1. The number of aromatic nitrogens is 5. The van der Waals surface area contributed by atoms with Gasteiger partial charge in [-0.3, -0.25) is 4.57 Å². The molecule has 20 heavy (non-hydrogen) atoms. The zero-order valence-corrected chi connectivity index (χ0v) is 11.4. The van der Waals surface area contributed by atoms with E-state index in [-0.39, 0.29) is 5.95 Å². The van der Waals surface area contributed by atoms with E-state index in [9.17, 15) is 0 Å². The van der Waals surface area contributed by atoms with Crippen LogP contribution < -0.4 is 5.73 Å². The van der Waals surface area contributed by atoms with Gasteiger partial charge in [-0.1, -0.05) is 42.1 Å². The number of thioether (sulfide) groups is 1. The van der Waals surface area contributed by atoms with E-state index >= 15 is 0 Å². The molecule has 0 aliphatic carbocycles. The van der Waals surface area contributed by atoms with Crippen molar-refractivity contribution in [3.63, 3.8) is 0 Å². The molecule has 100 valence electrons. The lowest BCUT2D eigenvalue weighted by Gasteiger charge is -2.04. The number of nitrogens with zero attached hydrogens (tertiary/aromatic N) is 5. The van der Waals surface area contributed by atoms with E-state index < -0.39 is 0 Å². The van der Waals surface area contributed by atoms with Gasteiger partial charge in [0.15, 0.2) is 5.16 Å². The van der Waals surface area contributed by atoms with Crippen LogP contribution in [0.2, 0.25) is 0 Å². The van der Waals surface area contributed by atoms with Gasteiger partial charge < -0.3 is 5.73 Å². The number of nitrogens with two attached hydrogens (primary N) is 1. The van der Waals surface area contributed by atoms with Crippen LogP contribution in [-0.4, -0.2) is 24.5 Å². The second-order valence-electron chi connectivity index (χ2n) is 4.02. The first-order valence-electron chi connectivity index (χ1n) is 5.98. The molecule has 3 aromatic rings. The third kappa shape index (κ3) is 2.94. The number of rotatable bonds is 4. The number of hydrogen-bond donors (Lipinski definition) is 1. The van der Waals surface area contributed by atoms with Crippen molar-refractivity contribution in [1.82, 2.24) is 24.5 Å². The highest BCUT2D eigenvalue weighted by molar-refractivity contribution is 7.98. The average molecular weight is 284 g/mol. The molecule has 0 aliphatic heterocycles. The average Bonchev–Trinajstić information content (AvgIpc) is 3.00. The molecule has 0 spiro atoms. The van der Waals surface area contributed by atoms with Crippen molar-refractivity contribution in [3.05, 3.63) is 54.6 Å². The predicted octanol–water partition coefficient (Wildman–Crippen LogP) is 1.93. The van der Waals surface area contributed by atoms with Gasteiger partial charge in [0.1, 0.15) is 6.33 Å². The zero-order valence-electron chi connectivity index (χ0n) is 10.5. The molecular formula is C13H12N6S. The number of benzene rings is 1. The van der Waals surface area contributed by atoms with Crippen LogP contribution in [0.15, 0.2) is 54.2 Å². The smallest absolute Gasteiger partial charge is 0.240 e. The summed E-state index contributed by atoms with van der Waals surface area (Å²) in [7, 11) is 0. The van der Waals surface area contributed by atoms with Crippen molar-refractivity contribution in [2.45, 2.75) is 10.9 Å². The zero-order chi connectivity index (χ0) is 13.8. The van der Waals surface area contributed by atoms with Crippen LogP contribution in [0.4, 0.5) is 5.95 Å².